The molecule has 2 aromatic rings. The van der Waals surface area contributed by atoms with Gasteiger partial charge < -0.3 is 50.1 Å². The van der Waals surface area contributed by atoms with Crippen molar-refractivity contribution in [2.75, 3.05) is 219 Å². The van der Waals surface area contributed by atoms with E-state index in [1.807, 2.05) is 108 Å². The van der Waals surface area contributed by atoms with Crippen molar-refractivity contribution in [1.29, 1.82) is 5.26 Å². The zero-order chi connectivity index (χ0) is 75.9. The number of aliphatic imine (C=N–C) groups is 4. The van der Waals surface area contributed by atoms with Gasteiger partial charge in [-0.05, 0) is 142 Å². The molecule has 1 aromatic carbocycles. The highest BCUT2D eigenvalue weighted by Crippen LogP contribution is 2.10. The fraction of sp³-hybridized carbons (Fsp3) is 0.724. The molecule has 0 bridgehead atoms. The first-order valence-corrected chi connectivity index (χ1v) is 39.9. The summed E-state index contributed by atoms with van der Waals surface area (Å²) in [6, 6.07) is 14.4. The van der Waals surface area contributed by atoms with Crippen molar-refractivity contribution in [3.8, 4) is 6.19 Å². The molecule has 4 saturated heterocycles. The number of hydrogen-bond donors (Lipinski definition) is 5. The maximum atomic E-state index is 11.0. The molecule has 8 heterocycles. The Morgan fingerprint density at radius 3 is 1.43 bits per heavy atom. The van der Waals surface area contributed by atoms with Crippen LogP contribution in [0.5, 0.6) is 0 Å². The molecule has 22 nitrogen and oxygen atoms in total. The van der Waals surface area contributed by atoms with Crippen molar-refractivity contribution in [2.45, 2.75) is 145 Å². The summed E-state index contributed by atoms with van der Waals surface area (Å²) in [5.74, 6) is 4.47. The Hall–Kier alpha value is -5.46. The van der Waals surface area contributed by atoms with Gasteiger partial charge in [0, 0.05) is 114 Å². The summed E-state index contributed by atoms with van der Waals surface area (Å²) < 4.78 is 27.3. The summed E-state index contributed by atoms with van der Waals surface area (Å²) in [5.41, 5.74) is 7.27. The lowest BCUT2D eigenvalue weighted by Crippen LogP contribution is -2.43. The van der Waals surface area contributed by atoms with Gasteiger partial charge in [-0.15, -0.1) is 55.8 Å². The van der Waals surface area contributed by atoms with Gasteiger partial charge in [0.05, 0.1) is 50.9 Å². The number of likely N-dealkylation sites (tertiary alicyclic amines) is 2. The molecule has 1 aromatic heterocycles. The number of hydrazine groups is 2. The van der Waals surface area contributed by atoms with Crippen LogP contribution in [0.4, 0.5) is 0 Å². The third kappa shape index (κ3) is 59.1. The molecule has 4 fully saturated rings. The van der Waals surface area contributed by atoms with E-state index in [2.05, 4.69) is 189 Å². The highest BCUT2D eigenvalue weighted by atomic mass is 32.2. The van der Waals surface area contributed by atoms with Gasteiger partial charge >= 0.3 is 0 Å². The molecule has 580 valence electrons. The molecule has 0 aliphatic carbocycles. The Balaban J connectivity index is -0.000000510. The minimum absolute atomic E-state index is 0.358. The Bertz CT molecular complexity index is 2320. The standard InChI is InChI=1S/C9H18N4.C9H19N.C8H17NO2S.C8H17NO.C8H17N.C7H8.C6H14N4.C5H12N4.C5H11N3.C5H6S.3C2H4/c1-5-6-7-13(4)9(11-8-10)12(2)3;1-2-3-7-10-8-5-4-6-9-10;1-2-3-4-9-5-7-12(10,11)8-6-9;1-2-3-4-9-5-7-10-8-6-9;1-2-3-6-9-7-4-5-8-9;1-7-5-3-2-4-6-7;1-7-10(3)6-8-4-5-9(6)2;1-6-9(2)5-7-3-4-8-5;1-6-4-5-7-2-3-8-5;1-5-3-2-4-6-5;3*1-2/h5-7H2,1-4H3;2-9H2,1H3;2-8H2,1H3;2-8H2,1H3;2-8H2,1H3;2-6H,1H3;7H,4-5H2,1-3H3;6H,3-4H2,1-2H3,(H,7,8);6H,2-4H2,1H3,(H,7,8);2-4H,1H3;3*1-2H2. The van der Waals surface area contributed by atoms with E-state index in [1.54, 1.807) is 11.3 Å². The number of piperidine rings is 1. The normalized spacial score (nSPS) is 16.4. The predicted octanol–water partition coefficient (Wildman–Crippen LogP) is 10.9. The van der Waals surface area contributed by atoms with E-state index in [0.717, 1.165) is 135 Å². The fourth-order valence-electron chi connectivity index (χ4n) is 9.91. The van der Waals surface area contributed by atoms with Crippen LogP contribution in [0, 0.1) is 25.3 Å². The zero-order valence-electron chi connectivity index (χ0n) is 66.7. The molecule has 7 aliphatic rings. The number of morpholine rings is 1. The van der Waals surface area contributed by atoms with E-state index < -0.39 is 9.84 Å². The van der Waals surface area contributed by atoms with E-state index in [-0.39, 0.29) is 0 Å². The second-order valence-corrected chi connectivity index (χ2v) is 27.9. The summed E-state index contributed by atoms with van der Waals surface area (Å²) in [6.07, 6.45) is 21.7. The molecule has 100 heavy (non-hydrogen) atoms. The lowest BCUT2D eigenvalue weighted by molar-refractivity contribution is 0.0373. The minimum atomic E-state index is -2.68. The molecule has 0 atom stereocenters. The van der Waals surface area contributed by atoms with Gasteiger partial charge in [0.15, 0.2) is 9.84 Å². The molecule has 0 amide bonds. The first kappa shape index (κ1) is 101. The summed E-state index contributed by atoms with van der Waals surface area (Å²) >= 11 is 1.78. The van der Waals surface area contributed by atoms with Gasteiger partial charge in [-0.25, -0.2) is 19.3 Å². The summed E-state index contributed by atoms with van der Waals surface area (Å²) in [6.45, 7) is 56.9. The molecule has 0 saturated carbocycles. The first-order chi connectivity index (χ1) is 48.4. The minimum Gasteiger partial charge on any atom is -0.379 e. The molecule has 9 rings (SSSR count). The average Bonchev–Trinajstić information content (AvgIpc) is 1.29. The van der Waals surface area contributed by atoms with Crippen molar-refractivity contribution in [2.24, 2.45) is 20.0 Å². The van der Waals surface area contributed by atoms with E-state index in [4.69, 9.17) is 10.00 Å². The lowest BCUT2D eigenvalue weighted by atomic mass is 10.1. The highest BCUT2D eigenvalue weighted by Gasteiger charge is 2.21. The molecule has 24 heteroatoms. The van der Waals surface area contributed by atoms with Crippen LogP contribution in [0.3, 0.4) is 0 Å². The number of amidine groups is 1. The van der Waals surface area contributed by atoms with Crippen LogP contribution in [-0.2, 0) is 14.6 Å². The van der Waals surface area contributed by atoms with Crippen LogP contribution in [0.25, 0.3) is 0 Å². The lowest BCUT2D eigenvalue weighted by Gasteiger charge is -2.26. The Morgan fingerprint density at radius 2 is 1.08 bits per heavy atom. The Kier molecular flexibility index (Phi) is 74.0. The van der Waals surface area contributed by atoms with Gasteiger partial charge in [0.2, 0.25) is 24.1 Å². The smallest absolute Gasteiger partial charge is 0.211 e. The topological polar surface area (TPSA) is 206 Å². The average molecular weight is 1440 g/mol. The monoisotopic (exact) mass is 1440 g/mol. The van der Waals surface area contributed by atoms with Crippen LogP contribution in [0.15, 0.2) is 107 Å². The van der Waals surface area contributed by atoms with Crippen molar-refractivity contribution >= 4 is 44.9 Å². The Morgan fingerprint density at radius 1 is 0.610 bits per heavy atom. The second kappa shape index (κ2) is 73.3. The molecule has 0 radical (unpaired) electrons. The second-order valence-electron chi connectivity index (χ2n) is 24.5. The van der Waals surface area contributed by atoms with Crippen LogP contribution in [0.1, 0.15) is 141 Å². The number of nitrogens with one attached hydrogen (secondary N) is 5. The third-order valence-corrected chi connectivity index (χ3v) is 18.3. The molecule has 0 unspecified atom stereocenters. The predicted molar refractivity (Wildman–Crippen MR) is 439 cm³/mol. The maximum Gasteiger partial charge on any atom is 0.211 e. The number of unbranched alkanes of at least 4 members (excludes halogenated alkanes) is 5. The summed E-state index contributed by atoms with van der Waals surface area (Å²) in [7, 11) is 14.6. The summed E-state index contributed by atoms with van der Waals surface area (Å²) in [5, 5.41) is 23.6. The highest BCUT2D eigenvalue weighted by molar-refractivity contribution is 7.91. The van der Waals surface area contributed by atoms with Gasteiger partial charge in [-0.3, -0.25) is 29.9 Å². The number of nitriles is 1. The number of sulfone groups is 1. The number of aryl methyl sites for hydroxylation is 2. The van der Waals surface area contributed by atoms with Crippen LogP contribution in [-0.4, -0.2) is 295 Å². The van der Waals surface area contributed by atoms with Crippen molar-refractivity contribution in [3.05, 3.63) is 97.8 Å². The van der Waals surface area contributed by atoms with Gasteiger partial charge in [-0.2, -0.15) is 5.26 Å². The van der Waals surface area contributed by atoms with Crippen LogP contribution < -0.4 is 26.8 Å². The molecular weight excluding hydrogens is 1290 g/mol. The van der Waals surface area contributed by atoms with Crippen molar-refractivity contribution in [1.82, 2.24) is 71.1 Å². The fourth-order valence-corrected chi connectivity index (χ4v) is 11.7. The largest absolute Gasteiger partial charge is 0.379 e. The number of nitrogens with zero attached hydrogens (tertiary/aromatic N) is 14. The van der Waals surface area contributed by atoms with Crippen molar-refractivity contribution in [3.63, 3.8) is 0 Å². The van der Waals surface area contributed by atoms with E-state index >= 15 is 0 Å². The zero-order valence-corrected chi connectivity index (χ0v) is 68.4. The SMILES string of the molecule is C=C.C=C.C=C.CCCCN(C)C(=NC#N)N(C)C.CCCCN1CCCC1.CCCCN1CCCCC1.CCCCN1CCOCC1.CCCCN1CCS(=O)(=O)CC1.CNCC1=NCCN1.CNN(C)C1=NCCN1.CNN(C)C1=NCCN1C.Cc1ccccc1.Cc1cccs1. The molecule has 7 aliphatic heterocycles. The first-order valence-electron chi connectivity index (χ1n) is 37.2. The Labute approximate surface area is 618 Å². The van der Waals surface area contributed by atoms with Crippen LogP contribution in [0.2, 0.25) is 0 Å². The maximum absolute atomic E-state index is 11.0. The van der Waals surface area contributed by atoms with E-state index in [9.17, 15) is 8.42 Å². The summed E-state index contributed by atoms with van der Waals surface area (Å²) in [4.78, 5) is 33.6. The van der Waals surface area contributed by atoms with E-state index in [1.165, 1.54) is 140 Å². The number of benzene rings is 1. The van der Waals surface area contributed by atoms with Gasteiger partial charge in [0.25, 0.3) is 0 Å². The van der Waals surface area contributed by atoms with Gasteiger partial charge in [0.1, 0.15) is 5.84 Å². The number of likely N-dealkylation sites (N-methyl/N-ethyl adjacent to an activating group) is 2. The number of ether oxygens (including phenoxy) is 1. The third-order valence-electron chi connectivity index (χ3n) is 15.9. The molecule has 0 spiro atoms. The van der Waals surface area contributed by atoms with Gasteiger partial charge in [-0.1, -0.05) is 115 Å². The number of guanidine groups is 3. The van der Waals surface area contributed by atoms with Crippen LogP contribution >= 0.6 is 11.3 Å². The molecule has 5 N–H and O–H groups in total. The number of rotatable bonds is 19. The number of thiophene rings is 1. The molecular formula is C76H151N19O3S2. The van der Waals surface area contributed by atoms with Crippen molar-refractivity contribution < 1.29 is 13.2 Å². The quantitative estimate of drug-likeness (QED) is 0.0292. The van der Waals surface area contributed by atoms with E-state index in [0.29, 0.717) is 11.5 Å². The number of hydrogen-bond acceptors (Lipinski definition) is 21.